The minimum atomic E-state index is -0.222. The summed E-state index contributed by atoms with van der Waals surface area (Å²) in [6.45, 7) is 4.96. The van der Waals surface area contributed by atoms with Crippen molar-refractivity contribution in [3.05, 3.63) is 34.6 Å². The second-order valence-corrected chi connectivity index (χ2v) is 5.97. The van der Waals surface area contributed by atoms with Gasteiger partial charge in [0.1, 0.15) is 0 Å². The van der Waals surface area contributed by atoms with Gasteiger partial charge >= 0.3 is 0 Å². The second kappa shape index (κ2) is 6.13. The molecule has 0 radical (unpaired) electrons. The van der Waals surface area contributed by atoms with Gasteiger partial charge in [0.25, 0.3) is 5.89 Å². The van der Waals surface area contributed by atoms with Crippen LogP contribution in [0.5, 0.6) is 0 Å². The third-order valence-corrected chi connectivity index (χ3v) is 4.09. The number of nitrogens with two attached hydrogens (primary N) is 1. The molecule has 1 aromatic heterocycles. The van der Waals surface area contributed by atoms with Crippen molar-refractivity contribution < 1.29 is 4.52 Å². The van der Waals surface area contributed by atoms with E-state index in [0.29, 0.717) is 16.7 Å². The van der Waals surface area contributed by atoms with Crippen LogP contribution >= 0.6 is 11.6 Å². The molecule has 0 amide bonds. The summed E-state index contributed by atoms with van der Waals surface area (Å²) >= 11 is 6.03. The van der Waals surface area contributed by atoms with Crippen LogP contribution in [-0.4, -0.2) is 34.7 Å². The third-order valence-electron chi connectivity index (χ3n) is 3.86. The number of hydrogen-bond donors (Lipinski definition) is 1. The molecule has 1 fully saturated rings. The number of hydrogen-bond acceptors (Lipinski definition) is 5. The van der Waals surface area contributed by atoms with Crippen molar-refractivity contribution in [2.45, 2.75) is 25.8 Å². The highest BCUT2D eigenvalue weighted by Gasteiger charge is 2.21. The van der Waals surface area contributed by atoms with Crippen molar-refractivity contribution >= 4 is 11.6 Å². The summed E-state index contributed by atoms with van der Waals surface area (Å²) in [4.78, 5) is 6.77. The fraction of sp³-hybridized carbons (Fsp3) is 0.467. The van der Waals surface area contributed by atoms with Crippen LogP contribution in [-0.2, 0) is 0 Å². The van der Waals surface area contributed by atoms with Gasteiger partial charge < -0.3 is 15.2 Å². The van der Waals surface area contributed by atoms with Gasteiger partial charge in [0, 0.05) is 17.1 Å². The van der Waals surface area contributed by atoms with Crippen LogP contribution in [0.15, 0.2) is 22.7 Å². The van der Waals surface area contributed by atoms with Crippen LogP contribution in [0.2, 0.25) is 5.02 Å². The molecule has 1 atom stereocenters. The van der Waals surface area contributed by atoms with E-state index in [-0.39, 0.29) is 6.04 Å². The van der Waals surface area contributed by atoms with Crippen LogP contribution < -0.4 is 5.73 Å². The Morgan fingerprint density at radius 1 is 1.38 bits per heavy atom. The molecule has 6 heteroatoms. The zero-order valence-corrected chi connectivity index (χ0v) is 12.8. The van der Waals surface area contributed by atoms with Gasteiger partial charge in [-0.05, 0) is 50.6 Å². The smallest absolute Gasteiger partial charge is 0.258 e. The average molecular weight is 307 g/mol. The van der Waals surface area contributed by atoms with Gasteiger partial charge in [0.2, 0.25) is 0 Å². The molecular formula is C15H19ClN4O. The van der Waals surface area contributed by atoms with Crippen molar-refractivity contribution in [1.29, 1.82) is 0 Å². The highest BCUT2D eigenvalue weighted by molar-refractivity contribution is 6.30. The first kappa shape index (κ1) is 14.5. The Kier molecular flexibility index (Phi) is 4.24. The van der Waals surface area contributed by atoms with E-state index in [2.05, 4.69) is 15.0 Å². The van der Waals surface area contributed by atoms with E-state index in [1.807, 2.05) is 25.1 Å². The Morgan fingerprint density at radius 2 is 2.14 bits per heavy atom. The van der Waals surface area contributed by atoms with Gasteiger partial charge in [-0.2, -0.15) is 4.98 Å². The van der Waals surface area contributed by atoms with E-state index in [1.54, 1.807) is 0 Å². The van der Waals surface area contributed by atoms with Crippen molar-refractivity contribution in [3.8, 4) is 11.5 Å². The molecule has 0 spiro atoms. The normalized spacial score (nSPS) is 17.3. The van der Waals surface area contributed by atoms with Gasteiger partial charge in [0.15, 0.2) is 5.82 Å². The Hall–Kier alpha value is -1.43. The Labute approximate surface area is 129 Å². The summed E-state index contributed by atoms with van der Waals surface area (Å²) in [5.41, 5.74) is 8.08. The first-order valence-corrected chi connectivity index (χ1v) is 7.59. The lowest BCUT2D eigenvalue weighted by atomic mass is 10.1. The maximum atomic E-state index is 6.18. The topological polar surface area (TPSA) is 68.2 Å². The van der Waals surface area contributed by atoms with E-state index in [4.69, 9.17) is 21.9 Å². The first-order chi connectivity index (χ1) is 10.1. The molecule has 1 unspecified atom stereocenters. The van der Waals surface area contributed by atoms with Crippen LogP contribution in [0, 0.1) is 6.92 Å². The summed E-state index contributed by atoms with van der Waals surface area (Å²) in [5, 5.41) is 4.67. The minimum Gasteiger partial charge on any atom is -0.334 e. The molecule has 5 nitrogen and oxygen atoms in total. The number of halogens is 1. The summed E-state index contributed by atoms with van der Waals surface area (Å²) in [7, 11) is 0. The van der Waals surface area contributed by atoms with E-state index >= 15 is 0 Å². The zero-order valence-electron chi connectivity index (χ0n) is 12.1. The van der Waals surface area contributed by atoms with E-state index in [1.165, 1.54) is 12.8 Å². The lowest BCUT2D eigenvalue weighted by molar-refractivity contribution is 0.306. The van der Waals surface area contributed by atoms with Gasteiger partial charge in [0.05, 0.1) is 6.04 Å². The molecule has 3 rings (SSSR count). The molecule has 112 valence electrons. The van der Waals surface area contributed by atoms with Gasteiger partial charge in [-0.15, -0.1) is 0 Å². The standard InChI is InChI=1S/C15H19ClN4O/c1-10-4-5-11(16)8-12(10)15-18-14(19-21-15)13(17)9-20-6-2-3-7-20/h4-5,8,13H,2-3,6-7,9,17H2,1H3. The van der Waals surface area contributed by atoms with Gasteiger partial charge in [-0.1, -0.05) is 22.8 Å². The van der Waals surface area contributed by atoms with Crippen molar-refractivity contribution in [1.82, 2.24) is 15.0 Å². The van der Waals surface area contributed by atoms with Crippen LogP contribution in [0.25, 0.3) is 11.5 Å². The van der Waals surface area contributed by atoms with E-state index < -0.39 is 0 Å². The Morgan fingerprint density at radius 3 is 2.90 bits per heavy atom. The Balaban J connectivity index is 1.77. The molecule has 2 heterocycles. The lowest BCUT2D eigenvalue weighted by Crippen LogP contribution is -2.30. The summed E-state index contributed by atoms with van der Waals surface area (Å²) in [6, 6.07) is 5.39. The molecule has 1 aromatic carbocycles. The highest BCUT2D eigenvalue weighted by Crippen LogP contribution is 2.26. The number of aromatic nitrogens is 2. The predicted octanol–water partition coefficient (Wildman–Crippen LogP) is 2.79. The molecule has 0 saturated carbocycles. The maximum Gasteiger partial charge on any atom is 0.258 e. The number of nitrogens with zero attached hydrogens (tertiary/aromatic N) is 3. The number of rotatable bonds is 4. The third kappa shape index (κ3) is 3.26. The highest BCUT2D eigenvalue weighted by atomic mass is 35.5. The number of aryl methyl sites for hydroxylation is 1. The molecule has 0 bridgehead atoms. The molecule has 2 N–H and O–H groups in total. The monoisotopic (exact) mass is 306 g/mol. The molecular weight excluding hydrogens is 288 g/mol. The number of benzene rings is 1. The van der Waals surface area contributed by atoms with Crippen molar-refractivity contribution in [2.75, 3.05) is 19.6 Å². The molecule has 21 heavy (non-hydrogen) atoms. The van der Waals surface area contributed by atoms with Crippen LogP contribution in [0.1, 0.15) is 30.3 Å². The SMILES string of the molecule is Cc1ccc(Cl)cc1-c1nc(C(N)CN2CCCC2)no1. The summed E-state index contributed by atoms with van der Waals surface area (Å²) in [5.74, 6) is 1.03. The fourth-order valence-electron chi connectivity index (χ4n) is 2.64. The zero-order chi connectivity index (χ0) is 14.8. The van der Waals surface area contributed by atoms with Crippen LogP contribution in [0.3, 0.4) is 0 Å². The number of likely N-dealkylation sites (tertiary alicyclic amines) is 1. The minimum absolute atomic E-state index is 0.222. The molecule has 0 aliphatic carbocycles. The van der Waals surface area contributed by atoms with E-state index in [9.17, 15) is 0 Å². The van der Waals surface area contributed by atoms with Crippen molar-refractivity contribution in [3.63, 3.8) is 0 Å². The Bertz CT molecular complexity index is 622. The lowest BCUT2D eigenvalue weighted by Gasteiger charge is -2.17. The fourth-order valence-corrected chi connectivity index (χ4v) is 2.82. The molecule has 2 aromatic rings. The summed E-state index contributed by atoms with van der Waals surface area (Å²) < 4.78 is 5.35. The van der Waals surface area contributed by atoms with Crippen molar-refractivity contribution in [2.24, 2.45) is 5.73 Å². The quantitative estimate of drug-likeness (QED) is 0.940. The summed E-state index contributed by atoms with van der Waals surface area (Å²) in [6.07, 6.45) is 2.48. The van der Waals surface area contributed by atoms with Crippen LogP contribution in [0.4, 0.5) is 0 Å². The first-order valence-electron chi connectivity index (χ1n) is 7.21. The second-order valence-electron chi connectivity index (χ2n) is 5.53. The largest absolute Gasteiger partial charge is 0.334 e. The van der Waals surface area contributed by atoms with Gasteiger partial charge in [-0.25, -0.2) is 0 Å². The predicted molar refractivity (Wildman–Crippen MR) is 82.1 cm³/mol. The van der Waals surface area contributed by atoms with Gasteiger partial charge in [-0.3, -0.25) is 0 Å². The van der Waals surface area contributed by atoms with E-state index in [0.717, 1.165) is 30.8 Å². The maximum absolute atomic E-state index is 6.18. The average Bonchev–Trinajstić information content (AvgIpc) is 3.12. The molecule has 1 aliphatic heterocycles. The molecule has 1 aliphatic rings. The molecule has 1 saturated heterocycles.